The van der Waals surface area contributed by atoms with Crippen LogP contribution in [-0.4, -0.2) is 5.10 Å². The molecule has 2 heteroatoms. The van der Waals surface area contributed by atoms with Gasteiger partial charge in [-0.3, -0.25) is 0 Å². The highest BCUT2D eigenvalue weighted by Crippen LogP contribution is 2.49. The Balaban J connectivity index is 2.05. The van der Waals surface area contributed by atoms with Crippen molar-refractivity contribution >= 4 is 21.7 Å². The molecule has 0 atom stereocenters. The van der Waals surface area contributed by atoms with Crippen molar-refractivity contribution in [1.82, 2.24) is 5.10 Å². The summed E-state index contributed by atoms with van der Waals surface area (Å²) in [6.45, 7) is 2.18. The van der Waals surface area contributed by atoms with Crippen molar-refractivity contribution < 1.29 is 4.68 Å². The van der Waals surface area contributed by atoms with Crippen LogP contribution >= 0.6 is 0 Å². The Morgan fingerprint density at radius 2 is 1.65 bits per heavy atom. The minimum absolute atomic E-state index is 0.990. The molecule has 1 aliphatic carbocycles. The molecular weight excluding hydrogens is 280 g/mol. The summed E-state index contributed by atoms with van der Waals surface area (Å²) in [5.41, 5.74) is 7.62. The average molecular weight is 297 g/mol. The fourth-order valence-corrected chi connectivity index (χ4v) is 3.93. The SMILES string of the molecule is CCc1cc2cc3cccc4c3c(c2n[n+]1C)-c1ccccc1-4. The number of benzene rings is 3. The summed E-state index contributed by atoms with van der Waals surface area (Å²) in [6.07, 6.45) is 0.990. The third-order valence-corrected chi connectivity index (χ3v) is 5.00. The van der Waals surface area contributed by atoms with Gasteiger partial charge in [0.15, 0.2) is 7.05 Å². The number of hydrogen-bond acceptors (Lipinski definition) is 1. The van der Waals surface area contributed by atoms with Crippen LogP contribution in [0.2, 0.25) is 0 Å². The highest BCUT2D eigenvalue weighted by atomic mass is 15.2. The molecule has 4 aromatic rings. The number of hydrogen-bond donors (Lipinski definition) is 0. The second-order valence-electron chi connectivity index (χ2n) is 6.25. The first-order valence-electron chi connectivity index (χ1n) is 8.13. The fourth-order valence-electron chi connectivity index (χ4n) is 3.93. The molecule has 0 aliphatic heterocycles. The largest absolute Gasteiger partial charge is 0.208 e. The lowest BCUT2D eigenvalue weighted by atomic mass is 9.99. The number of nitrogens with zero attached hydrogens (tertiary/aromatic N) is 2. The molecule has 0 fully saturated rings. The number of aryl methyl sites for hydroxylation is 2. The maximum Gasteiger partial charge on any atom is 0.208 e. The minimum atomic E-state index is 0.990. The Kier molecular flexibility index (Phi) is 2.44. The van der Waals surface area contributed by atoms with E-state index in [9.17, 15) is 0 Å². The summed E-state index contributed by atoms with van der Waals surface area (Å²) in [4.78, 5) is 0. The van der Waals surface area contributed by atoms with Crippen LogP contribution in [-0.2, 0) is 13.5 Å². The van der Waals surface area contributed by atoms with Crippen LogP contribution in [0.3, 0.4) is 0 Å². The molecule has 0 saturated heterocycles. The Hall–Kier alpha value is -2.74. The summed E-state index contributed by atoms with van der Waals surface area (Å²) in [5.74, 6) is 0. The van der Waals surface area contributed by atoms with Crippen molar-refractivity contribution in [1.29, 1.82) is 0 Å². The van der Waals surface area contributed by atoms with Gasteiger partial charge in [-0.15, -0.1) is 0 Å². The standard InChI is InChI=1S/C21H17N2/c1-3-15-12-14-11-13-7-6-10-17-16-8-4-5-9-18(16)20(19(13)17)21(14)22-23(15)2/h4-12H,3H2,1-2H3/q+1. The van der Waals surface area contributed by atoms with Gasteiger partial charge >= 0.3 is 0 Å². The van der Waals surface area contributed by atoms with Gasteiger partial charge in [0.1, 0.15) is 5.52 Å². The zero-order valence-electron chi connectivity index (χ0n) is 13.3. The first kappa shape index (κ1) is 12.8. The summed E-state index contributed by atoms with van der Waals surface area (Å²) in [5, 5.41) is 8.80. The summed E-state index contributed by atoms with van der Waals surface area (Å²) >= 11 is 0. The lowest BCUT2D eigenvalue weighted by Gasteiger charge is -2.07. The molecule has 0 spiro atoms. The average Bonchev–Trinajstić information content (AvgIpc) is 2.92. The van der Waals surface area contributed by atoms with E-state index in [1.165, 1.54) is 44.1 Å². The molecule has 0 saturated carbocycles. The van der Waals surface area contributed by atoms with Gasteiger partial charge in [0.25, 0.3) is 0 Å². The molecule has 0 amide bonds. The Morgan fingerprint density at radius 1 is 0.870 bits per heavy atom. The van der Waals surface area contributed by atoms with Crippen molar-refractivity contribution in [2.75, 3.05) is 0 Å². The van der Waals surface area contributed by atoms with E-state index in [0.29, 0.717) is 0 Å². The Labute approximate surface area is 135 Å². The van der Waals surface area contributed by atoms with E-state index in [1.807, 2.05) is 11.7 Å². The van der Waals surface area contributed by atoms with Gasteiger partial charge in [0.2, 0.25) is 5.69 Å². The fraction of sp³-hybridized carbons (Fsp3) is 0.143. The highest BCUT2D eigenvalue weighted by molar-refractivity contribution is 6.22. The topological polar surface area (TPSA) is 16.8 Å². The van der Waals surface area contributed by atoms with E-state index in [4.69, 9.17) is 5.10 Å². The second-order valence-corrected chi connectivity index (χ2v) is 6.25. The van der Waals surface area contributed by atoms with Crippen molar-refractivity contribution in [3.05, 3.63) is 60.3 Å². The Morgan fingerprint density at radius 3 is 2.48 bits per heavy atom. The van der Waals surface area contributed by atoms with Gasteiger partial charge in [-0.2, -0.15) is 0 Å². The zero-order valence-corrected chi connectivity index (χ0v) is 13.3. The number of rotatable bonds is 1. The Bertz CT molecular complexity index is 1110. The third-order valence-electron chi connectivity index (χ3n) is 5.00. The maximum absolute atomic E-state index is 4.92. The predicted octanol–water partition coefficient (Wildman–Crippen LogP) is 4.42. The predicted molar refractivity (Wildman–Crippen MR) is 94.2 cm³/mol. The molecule has 1 aliphatic rings. The molecule has 1 aromatic heterocycles. The van der Waals surface area contributed by atoms with E-state index >= 15 is 0 Å². The monoisotopic (exact) mass is 297 g/mol. The molecule has 110 valence electrons. The highest BCUT2D eigenvalue weighted by Gasteiger charge is 2.25. The van der Waals surface area contributed by atoms with Crippen LogP contribution in [0.5, 0.6) is 0 Å². The van der Waals surface area contributed by atoms with Crippen LogP contribution < -0.4 is 4.68 Å². The summed E-state index contributed by atoms with van der Waals surface area (Å²) in [6, 6.07) is 19.9. The van der Waals surface area contributed by atoms with Gasteiger partial charge in [-0.25, -0.2) is 0 Å². The third kappa shape index (κ3) is 1.58. The summed E-state index contributed by atoms with van der Waals surface area (Å²) < 4.78 is 2.02. The quantitative estimate of drug-likeness (QED) is 0.330. The molecule has 0 bridgehead atoms. The van der Waals surface area contributed by atoms with Crippen LogP contribution in [0.15, 0.2) is 54.6 Å². The van der Waals surface area contributed by atoms with E-state index in [1.54, 1.807) is 0 Å². The van der Waals surface area contributed by atoms with Crippen molar-refractivity contribution in [2.45, 2.75) is 13.3 Å². The maximum atomic E-state index is 4.92. The number of fused-ring (bicyclic) bond motifs is 5. The zero-order chi connectivity index (χ0) is 15.6. The molecule has 5 rings (SSSR count). The molecule has 3 aromatic carbocycles. The first-order chi connectivity index (χ1) is 11.3. The van der Waals surface area contributed by atoms with Crippen molar-refractivity contribution in [3.8, 4) is 22.3 Å². The van der Waals surface area contributed by atoms with Crippen LogP contribution in [0.25, 0.3) is 43.9 Å². The molecule has 1 heterocycles. The van der Waals surface area contributed by atoms with Gasteiger partial charge in [0, 0.05) is 28.5 Å². The smallest absolute Gasteiger partial charge is 0.0906 e. The summed E-state index contributed by atoms with van der Waals surface area (Å²) in [7, 11) is 2.04. The molecular formula is C21H17N2+. The van der Waals surface area contributed by atoms with Crippen molar-refractivity contribution in [3.63, 3.8) is 0 Å². The lowest BCUT2D eigenvalue weighted by molar-refractivity contribution is -0.735. The molecule has 23 heavy (non-hydrogen) atoms. The molecule has 0 radical (unpaired) electrons. The van der Waals surface area contributed by atoms with Crippen LogP contribution in [0.4, 0.5) is 0 Å². The van der Waals surface area contributed by atoms with Crippen molar-refractivity contribution in [2.24, 2.45) is 7.05 Å². The van der Waals surface area contributed by atoms with Gasteiger partial charge in [-0.1, -0.05) is 54.1 Å². The second kappa shape index (κ2) is 4.39. The van der Waals surface area contributed by atoms with Crippen LogP contribution in [0.1, 0.15) is 12.6 Å². The van der Waals surface area contributed by atoms with Gasteiger partial charge in [0.05, 0.1) is 0 Å². The van der Waals surface area contributed by atoms with Crippen LogP contribution in [0, 0.1) is 0 Å². The van der Waals surface area contributed by atoms with E-state index in [0.717, 1.165) is 11.9 Å². The molecule has 0 unspecified atom stereocenters. The van der Waals surface area contributed by atoms with Gasteiger partial charge in [-0.05, 0) is 33.5 Å². The number of aromatic nitrogens is 2. The van der Waals surface area contributed by atoms with E-state index in [2.05, 4.69) is 61.5 Å². The molecule has 0 N–H and O–H groups in total. The first-order valence-corrected chi connectivity index (χ1v) is 8.13. The van der Waals surface area contributed by atoms with E-state index in [-0.39, 0.29) is 0 Å². The van der Waals surface area contributed by atoms with E-state index < -0.39 is 0 Å². The normalized spacial score (nSPS) is 12.1. The minimum Gasteiger partial charge on any atom is -0.0906 e. The molecule has 2 nitrogen and oxygen atoms in total. The van der Waals surface area contributed by atoms with Gasteiger partial charge < -0.3 is 0 Å². The lowest BCUT2D eigenvalue weighted by Crippen LogP contribution is -2.37.